The van der Waals surface area contributed by atoms with Crippen LogP contribution in [0.4, 0.5) is 0 Å². The third kappa shape index (κ3) is 5.53. The van der Waals surface area contributed by atoms with Crippen molar-refractivity contribution in [1.29, 1.82) is 0 Å². The number of amides is 1. The fourth-order valence-corrected chi connectivity index (χ4v) is 5.01. The third-order valence-corrected chi connectivity index (χ3v) is 7.04. The molecule has 0 bridgehead atoms. The molecule has 0 aliphatic heterocycles. The number of aromatic nitrogens is 2. The quantitative estimate of drug-likeness (QED) is 0.127. The molecule has 4 aromatic carbocycles. The molecule has 7 nitrogen and oxygen atoms in total. The van der Waals surface area contributed by atoms with Crippen LogP contribution < -0.4 is 5.43 Å². The Morgan fingerprint density at radius 3 is 2.38 bits per heavy atom. The van der Waals surface area contributed by atoms with Gasteiger partial charge in [0.25, 0.3) is 5.91 Å². The lowest BCUT2D eigenvalue weighted by atomic mass is 10.0. The first-order valence-electron chi connectivity index (χ1n) is 13.7. The minimum atomic E-state index is -0.327. The van der Waals surface area contributed by atoms with Crippen molar-refractivity contribution in [3.63, 3.8) is 0 Å². The van der Waals surface area contributed by atoms with Gasteiger partial charge in [0.1, 0.15) is 0 Å². The van der Waals surface area contributed by atoms with Gasteiger partial charge in [-0.1, -0.05) is 78.9 Å². The van der Waals surface area contributed by atoms with Gasteiger partial charge < -0.3 is 9.30 Å². The molecule has 0 fully saturated rings. The topological polar surface area (TPSA) is 85.6 Å². The predicted molar refractivity (Wildman–Crippen MR) is 166 cm³/mol. The number of ether oxygens (including phenoxy) is 1. The van der Waals surface area contributed by atoms with Gasteiger partial charge in [-0.2, -0.15) is 5.10 Å². The van der Waals surface area contributed by atoms with Gasteiger partial charge in [-0.25, -0.2) is 15.2 Å². The van der Waals surface area contributed by atoms with E-state index >= 15 is 0 Å². The van der Waals surface area contributed by atoms with Gasteiger partial charge >= 0.3 is 5.97 Å². The predicted octanol–water partition coefficient (Wildman–Crippen LogP) is 6.85. The van der Waals surface area contributed by atoms with Gasteiger partial charge in [-0.15, -0.1) is 0 Å². The van der Waals surface area contributed by atoms with Gasteiger partial charge in [0.2, 0.25) is 0 Å². The number of hydrazone groups is 1. The molecular weight excluding hydrogens is 524 g/mol. The Morgan fingerprint density at radius 1 is 0.881 bits per heavy atom. The molecule has 0 unspecified atom stereocenters. The van der Waals surface area contributed by atoms with Gasteiger partial charge in [0.05, 0.1) is 35.2 Å². The number of benzene rings is 4. The maximum absolute atomic E-state index is 13.4. The lowest BCUT2D eigenvalue weighted by molar-refractivity contribution is 0.0526. The standard InChI is InChI=1S/C35H28N4O3/c1-2-42-35(41)26-18-16-24(17-19-26)22-39-23-27(28-12-7-9-15-33(28)39)21-36-38-34(40)30-20-32(25-10-4-3-5-11-25)37-31-14-8-6-13-29(30)31/h3-21,23H,2,22H2,1H3,(H,38,40)/b36-21-. The summed E-state index contributed by atoms with van der Waals surface area (Å²) in [7, 11) is 0. The summed E-state index contributed by atoms with van der Waals surface area (Å²) >= 11 is 0. The highest BCUT2D eigenvalue weighted by Gasteiger charge is 2.14. The number of hydrogen-bond acceptors (Lipinski definition) is 5. The highest BCUT2D eigenvalue weighted by Crippen LogP contribution is 2.25. The number of nitrogens with zero attached hydrogens (tertiary/aromatic N) is 3. The average Bonchev–Trinajstić information content (AvgIpc) is 3.38. The fourth-order valence-electron chi connectivity index (χ4n) is 5.01. The van der Waals surface area contributed by atoms with Crippen molar-refractivity contribution in [2.45, 2.75) is 13.5 Å². The van der Waals surface area contributed by atoms with Crippen LogP contribution in [0.15, 0.2) is 120 Å². The molecule has 42 heavy (non-hydrogen) atoms. The maximum Gasteiger partial charge on any atom is 0.338 e. The second-order valence-corrected chi connectivity index (χ2v) is 9.78. The number of rotatable bonds is 8. The van der Waals surface area contributed by atoms with E-state index in [1.807, 2.05) is 103 Å². The second kappa shape index (κ2) is 11.9. The highest BCUT2D eigenvalue weighted by atomic mass is 16.5. The maximum atomic E-state index is 13.4. The molecule has 2 aromatic heterocycles. The second-order valence-electron chi connectivity index (χ2n) is 9.78. The Bertz CT molecular complexity index is 1930. The van der Waals surface area contributed by atoms with Crippen molar-refractivity contribution >= 4 is 39.9 Å². The van der Waals surface area contributed by atoms with Crippen LogP contribution in [0.1, 0.15) is 38.8 Å². The number of esters is 1. The number of fused-ring (bicyclic) bond motifs is 2. The first-order valence-corrected chi connectivity index (χ1v) is 13.7. The summed E-state index contributed by atoms with van der Waals surface area (Å²) in [6.45, 7) is 2.74. The number of hydrogen-bond donors (Lipinski definition) is 1. The van der Waals surface area contributed by atoms with E-state index in [4.69, 9.17) is 9.72 Å². The number of para-hydroxylation sites is 2. The Kier molecular flexibility index (Phi) is 7.55. The van der Waals surface area contributed by atoms with Crippen LogP contribution >= 0.6 is 0 Å². The Balaban J connectivity index is 1.25. The molecule has 0 spiro atoms. The average molecular weight is 553 g/mol. The monoisotopic (exact) mass is 552 g/mol. The molecule has 0 saturated carbocycles. The molecule has 1 amide bonds. The van der Waals surface area contributed by atoms with Gasteiger partial charge in [0, 0.05) is 40.2 Å². The van der Waals surface area contributed by atoms with Crippen molar-refractivity contribution in [1.82, 2.24) is 15.0 Å². The van der Waals surface area contributed by atoms with Crippen LogP contribution in [0.5, 0.6) is 0 Å². The highest BCUT2D eigenvalue weighted by molar-refractivity contribution is 6.07. The molecule has 6 aromatic rings. The van der Waals surface area contributed by atoms with E-state index < -0.39 is 0 Å². The minimum Gasteiger partial charge on any atom is -0.462 e. The van der Waals surface area contributed by atoms with Crippen LogP contribution in [0.2, 0.25) is 0 Å². The summed E-state index contributed by atoms with van der Waals surface area (Å²) < 4.78 is 7.21. The van der Waals surface area contributed by atoms with Crippen molar-refractivity contribution in [2.75, 3.05) is 6.61 Å². The Morgan fingerprint density at radius 2 is 1.60 bits per heavy atom. The molecule has 206 valence electrons. The molecule has 0 aliphatic carbocycles. The summed E-state index contributed by atoms with van der Waals surface area (Å²) in [4.78, 5) is 30.1. The summed E-state index contributed by atoms with van der Waals surface area (Å²) in [6.07, 6.45) is 3.68. The van der Waals surface area contributed by atoms with Crippen LogP contribution in [0, 0.1) is 0 Å². The summed E-state index contributed by atoms with van der Waals surface area (Å²) in [5, 5.41) is 6.11. The van der Waals surface area contributed by atoms with Crippen molar-refractivity contribution in [3.8, 4) is 11.3 Å². The number of carbonyl (C=O) groups is 2. The first kappa shape index (κ1) is 26.7. The van der Waals surface area contributed by atoms with Crippen LogP contribution in [0.25, 0.3) is 33.1 Å². The molecule has 1 N–H and O–H groups in total. The molecular formula is C35H28N4O3. The van der Waals surface area contributed by atoms with E-state index in [2.05, 4.69) is 15.1 Å². The molecule has 0 aliphatic rings. The van der Waals surface area contributed by atoms with Crippen molar-refractivity contribution in [3.05, 3.63) is 138 Å². The lowest BCUT2D eigenvalue weighted by Gasteiger charge is -2.09. The summed E-state index contributed by atoms with van der Waals surface area (Å²) in [5.74, 6) is -0.639. The molecule has 0 radical (unpaired) electrons. The minimum absolute atomic E-state index is 0.313. The molecule has 7 heteroatoms. The normalized spacial score (nSPS) is 11.3. The Hall–Kier alpha value is -5.56. The van der Waals surface area contributed by atoms with Crippen LogP contribution in [-0.2, 0) is 11.3 Å². The first-order chi connectivity index (χ1) is 20.6. The third-order valence-electron chi connectivity index (χ3n) is 7.04. The molecule has 0 saturated heterocycles. The fraction of sp³-hybridized carbons (Fsp3) is 0.0857. The molecule has 6 rings (SSSR count). The van der Waals surface area contributed by atoms with Crippen molar-refractivity contribution < 1.29 is 14.3 Å². The van der Waals surface area contributed by atoms with Gasteiger partial charge in [-0.05, 0) is 42.8 Å². The van der Waals surface area contributed by atoms with E-state index in [0.717, 1.165) is 44.2 Å². The smallest absolute Gasteiger partial charge is 0.338 e. The number of pyridine rings is 1. The van der Waals surface area contributed by atoms with E-state index in [0.29, 0.717) is 24.3 Å². The Labute approximate surface area is 243 Å². The van der Waals surface area contributed by atoms with E-state index in [1.54, 1.807) is 25.3 Å². The largest absolute Gasteiger partial charge is 0.462 e. The number of carbonyl (C=O) groups excluding carboxylic acids is 2. The van der Waals surface area contributed by atoms with E-state index in [9.17, 15) is 9.59 Å². The van der Waals surface area contributed by atoms with Gasteiger partial charge in [0.15, 0.2) is 0 Å². The van der Waals surface area contributed by atoms with Crippen molar-refractivity contribution in [2.24, 2.45) is 5.10 Å². The van der Waals surface area contributed by atoms with Crippen LogP contribution in [-0.4, -0.2) is 34.2 Å². The summed E-state index contributed by atoms with van der Waals surface area (Å²) in [5.41, 5.74) is 9.10. The lowest BCUT2D eigenvalue weighted by Crippen LogP contribution is -2.18. The molecule has 2 heterocycles. The number of nitrogens with one attached hydrogen (secondary N) is 1. The van der Waals surface area contributed by atoms with E-state index in [-0.39, 0.29) is 11.9 Å². The molecule has 0 atom stereocenters. The zero-order valence-electron chi connectivity index (χ0n) is 23.0. The van der Waals surface area contributed by atoms with Crippen LogP contribution in [0.3, 0.4) is 0 Å². The van der Waals surface area contributed by atoms with E-state index in [1.165, 1.54) is 0 Å². The van der Waals surface area contributed by atoms with Gasteiger partial charge in [-0.3, -0.25) is 4.79 Å². The zero-order chi connectivity index (χ0) is 28.9. The zero-order valence-corrected chi connectivity index (χ0v) is 23.0. The SMILES string of the molecule is CCOC(=O)c1ccc(Cn2cc(/C=N\NC(=O)c3cc(-c4ccccc4)nc4ccccc34)c3ccccc32)cc1. The summed E-state index contributed by atoms with van der Waals surface area (Å²) in [6, 6.07) is 34.7.